The molecule has 7 heteroatoms. The summed E-state index contributed by atoms with van der Waals surface area (Å²) >= 11 is 0. The van der Waals surface area contributed by atoms with Gasteiger partial charge in [-0.25, -0.2) is 0 Å². The molecule has 1 atom stereocenters. The predicted octanol–water partition coefficient (Wildman–Crippen LogP) is 1.87. The first-order valence-corrected chi connectivity index (χ1v) is 11.2. The molecule has 30 heavy (non-hydrogen) atoms. The maximum atomic E-state index is 13.4. The number of rotatable bonds is 5. The van der Waals surface area contributed by atoms with Gasteiger partial charge in [-0.1, -0.05) is 12.8 Å². The van der Waals surface area contributed by atoms with Crippen molar-refractivity contribution in [3.05, 3.63) is 29.8 Å². The molecule has 2 amide bonds. The van der Waals surface area contributed by atoms with Crippen molar-refractivity contribution < 1.29 is 19.1 Å². The van der Waals surface area contributed by atoms with Gasteiger partial charge in [0.25, 0.3) is 5.91 Å². The minimum Gasteiger partial charge on any atom is -0.497 e. The second-order valence-corrected chi connectivity index (χ2v) is 8.48. The van der Waals surface area contributed by atoms with Crippen molar-refractivity contribution >= 4 is 11.8 Å². The first-order chi connectivity index (χ1) is 14.7. The lowest BCUT2D eigenvalue weighted by atomic mass is 9.94. The van der Waals surface area contributed by atoms with Gasteiger partial charge in [-0.05, 0) is 43.0 Å². The summed E-state index contributed by atoms with van der Waals surface area (Å²) in [5.41, 5.74) is 0.681. The number of carbonyl (C=O) groups is 2. The van der Waals surface area contributed by atoms with Crippen molar-refractivity contribution in [2.45, 2.75) is 31.7 Å². The molecule has 0 bridgehead atoms. The van der Waals surface area contributed by atoms with Crippen LogP contribution in [0.5, 0.6) is 5.75 Å². The highest BCUT2D eigenvalue weighted by Crippen LogP contribution is 2.32. The average molecular weight is 416 g/mol. The molecular formula is C23H33N3O4. The first kappa shape index (κ1) is 21.1. The van der Waals surface area contributed by atoms with Gasteiger partial charge in [-0.2, -0.15) is 0 Å². The Kier molecular flexibility index (Phi) is 6.89. The standard InChI is InChI=1S/C23H33N3O4/c1-29-20-8-6-19(7-9-20)22(27)25-12-10-24(11-13-25)21(18-4-2-3-5-18)23(28)26-14-16-30-17-15-26/h6-9,18,21H,2-5,10-17H2,1H3. The average Bonchev–Trinajstić information content (AvgIpc) is 3.34. The van der Waals surface area contributed by atoms with E-state index in [4.69, 9.17) is 9.47 Å². The number of methoxy groups -OCH3 is 1. The van der Waals surface area contributed by atoms with Crippen molar-refractivity contribution in [3.8, 4) is 5.75 Å². The zero-order chi connectivity index (χ0) is 20.9. The molecule has 2 heterocycles. The van der Waals surface area contributed by atoms with Crippen LogP contribution in [0.3, 0.4) is 0 Å². The Hall–Kier alpha value is -2.12. The molecule has 1 unspecified atom stereocenters. The van der Waals surface area contributed by atoms with Gasteiger partial charge in [0.15, 0.2) is 0 Å². The maximum Gasteiger partial charge on any atom is 0.253 e. The molecule has 4 rings (SSSR count). The van der Waals surface area contributed by atoms with Gasteiger partial charge >= 0.3 is 0 Å². The molecule has 2 aliphatic heterocycles. The van der Waals surface area contributed by atoms with Gasteiger partial charge in [0, 0.05) is 44.8 Å². The minimum atomic E-state index is -0.0520. The zero-order valence-corrected chi connectivity index (χ0v) is 17.9. The van der Waals surface area contributed by atoms with Crippen LogP contribution in [0, 0.1) is 5.92 Å². The fourth-order valence-corrected chi connectivity index (χ4v) is 5.02. The van der Waals surface area contributed by atoms with Crippen LogP contribution in [-0.4, -0.2) is 92.1 Å². The number of nitrogens with zero attached hydrogens (tertiary/aromatic N) is 3. The van der Waals surface area contributed by atoms with E-state index in [1.54, 1.807) is 7.11 Å². The smallest absolute Gasteiger partial charge is 0.253 e. The van der Waals surface area contributed by atoms with Crippen molar-refractivity contribution in [1.29, 1.82) is 0 Å². The van der Waals surface area contributed by atoms with Crippen molar-refractivity contribution in [1.82, 2.24) is 14.7 Å². The summed E-state index contributed by atoms with van der Waals surface area (Å²) in [6.07, 6.45) is 4.69. The molecule has 0 spiro atoms. The van der Waals surface area contributed by atoms with Crippen LogP contribution in [0.4, 0.5) is 0 Å². The third-order valence-electron chi connectivity index (χ3n) is 6.75. The zero-order valence-electron chi connectivity index (χ0n) is 17.9. The Labute approximate surface area is 178 Å². The number of hydrogen-bond donors (Lipinski definition) is 0. The van der Waals surface area contributed by atoms with Crippen LogP contribution in [-0.2, 0) is 9.53 Å². The summed E-state index contributed by atoms with van der Waals surface area (Å²) < 4.78 is 10.6. The van der Waals surface area contributed by atoms with Crippen LogP contribution in [0.15, 0.2) is 24.3 Å². The molecular weight excluding hydrogens is 382 g/mol. The molecule has 0 aromatic heterocycles. The minimum absolute atomic E-state index is 0.0502. The largest absolute Gasteiger partial charge is 0.497 e. The van der Waals surface area contributed by atoms with E-state index < -0.39 is 0 Å². The number of amides is 2. The van der Waals surface area contributed by atoms with Crippen LogP contribution >= 0.6 is 0 Å². The third kappa shape index (κ3) is 4.62. The number of morpholine rings is 1. The molecule has 7 nitrogen and oxygen atoms in total. The summed E-state index contributed by atoms with van der Waals surface area (Å²) in [4.78, 5) is 32.5. The van der Waals surface area contributed by atoms with Gasteiger partial charge in [0.2, 0.25) is 5.91 Å². The van der Waals surface area contributed by atoms with Gasteiger partial charge in [0.05, 0.1) is 26.4 Å². The highest BCUT2D eigenvalue weighted by atomic mass is 16.5. The molecule has 1 aromatic rings. The topological polar surface area (TPSA) is 62.3 Å². The van der Waals surface area contributed by atoms with E-state index in [2.05, 4.69) is 4.90 Å². The third-order valence-corrected chi connectivity index (χ3v) is 6.75. The van der Waals surface area contributed by atoms with Crippen LogP contribution < -0.4 is 4.74 Å². The fraction of sp³-hybridized carbons (Fsp3) is 0.652. The van der Waals surface area contributed by atoms with Gasteiger partial charge in [-0.15, -0.1) is 0 Å². The number of carbonyl (C=O) groups excluding carboxylic acids is 2. The quantitative estimate of drug-likeness (QED) is 0.735. The molecule has 0 radical (unpaired) electrons. The highest BCUT2D eigenvalue weighted by molar-refractivity contribution is 5.94. The monoisotopic (exact) mass is 415 g/mol. The van der Waals surface area contributed by atoms with Crippen molar-refractivity contribution in [2.24, 2.45) is 5.92 Å². The van der Waals surface area contributed by atoms with Crippen molar-refractivity contribution in [2.75, 3.05) is 59.6 Å². The van der Waals surface area contributed by atoms with E-state index in [9.17, 15) is 9.59 Å². The van der Waals surface area contributed by atoms with E-state index in [0.717, 1.165) is 31.7 Å². The van der Waals surface area contributed by atoms with E-state index in [-0.39, 0.29) is 17.9 Å². The van der Waals surface area contributed by atoms with E-state index >= 15 is 0 Å². The summed E-state index contributed by atoms with van der Waals surface area (Å²) in [5.74, 6) is 1.50. The number of benzene rings is 1. The van der Waals surface area contributed by atoms with Crippen LogP contribution in [0.25, 0.3) is 0 Å². The number of hydrogen-bond acceptors (Lipinski definition) is 5. The molecule has 3 aliphatic rings. The first-order valence-electron chi connectivity index (χ1n) is 11.2. The van der Waals surface area contributed by atoms with E-state index in [0.29, 0.717) is 50.9 Å². The Balaban J connectivity index is 1.40. The second-order valence-electron chi connectivity index (χ2n) is 8.48. The van der Waals surface area contributed by atoms with E-state index in [1.807, 2.05) is 34.1 Å². The van der Waals surface area contributed by atoms with Crippen molar-refractivity contribution in [3.63, 3.8) is 0 Å². The Morgan fingerprint density at radius 1 is 0.933 bits per heavy atom. The summed E-state index contributed by atoms with van der Waals surface area (Å²) in [6.45, 7) is 5.46. The lowest BCUT2D eigenvalue weighted by Crippen LogP contribution is -2.59. The second kappa shape index (κ2) is 9.79. The van der Waals surface area contributed by atoms with Gasteiger partial charge < -0.3 is 19.3 Å². The SMILES string of the molecule is COc1ccc(C(=O)N2CCN(C(C(=O)N3CCOCC3)C3CCCC3)CC2)cc1. The lowest BCUT2D eigenvalue weighted by molar-refractivity contribution is -0.144. The number of piperazine rings is 1. The summed E-state index contributed by atoms with van der Waals surface area (Å²) in [7, 11) is 1.62. The van der Waals surface area contributed by atoms with Crippen LogP contribution in [0.2, 0.25) is 0 Å². The lowest BCUT2D eigenvalue weighted by Gasteiger charge is -2.43. The Morgan fingerprint density at radius 3 is 2.17 bits per heavy atom. The normalized spacial score (nSPS) is 22.2. The van der Waals surface area contributed by atoms with Gasteiger partial charge in [0.1, 0.15) is 5.75 Å². The molecule has 1 saturated carbocycles. The highest BCUT2D eigenvalue weighted by Gasteiger charge is 2.39. The molecule has 2 saturated heterocycles. The Morgan fingerprint density at radius 2 is 1.57 bits per heavy atom. The van der Waals surface area contributed by atoms with E-state index in [1.165, 1.54) is 12.8 Å². The molecule has 164 valence electrons. The summed E-state index contributed by atoms with van der Waals surface area (Å²) in [6, 6.07) is 7.22. The Bertz CT molecular complexity index is 718. The maximum absolute atomic E-state index is 13.4. The molecule has 3 fully saturated rings. The molecule has 0 N–H and O–H groups in total. The number of ether oxygens (including phenoxy) is 2. The van der Waals surface area contributed by atoms with Gasteiger partial charge in [-0.3, -0.25) is 14.5 Å². The predicted molar refractivity (Wildman–Crippen MR) is 114 cm³/mol. The fourth-order valence-electron chi connectivity index (χ4n) is 5.02. The molecule has 1 aliphatic carbocycles. The summed E-state index contributed by atoms with van der Waals surface area (Å²) in [5, 5.41) is 0. The van der Waals surface area contributed by atoms with Crippen LogP contribution in [0.1, 0.15) is 36.0 Å². The molecule has 1 aromatic carbocycles.